The molecule has 1 aliphatic carbocycles. The van der Waals surface area contributed by atoms with E-state index in [2.05, 4.69) is 20.6 Å². The van der Waals surface area contributed by atoms with Crippen LogP contribution >= 0.6 is 0 Å². The second kappa shape index (κ2) is 10.1. The minimum absolute atomic E-state index is 0.00320. The maximum atomic E-state index is 13.7. The lowest BCUT2D eigenvalue weighted by atomic mass is 9.88. The predicted octanol–water partition coefficient (Wildman–Crippen LogP) is 4.87. The molecule has 1 aliphatic rings. The van der Waals surface area contributed by atoms with Crippen LogP contribution in [0.15, 0.2) is 54.7 Å². The Hall–Kier alpha value is -4.15. The number of benzene rings is 2. The Morgan fingerprint density at radius 2 is 1.78 bits per heavy atom. The number of aryl methyl sites for hydroxylation is 2. The Kier molecular flexibility index (Phi) is 7.06. The number of amides is 2. The highest BCUT2D eigenvalue weighted by atomic mass is 19.4. The molecule has 1 heterocycles. The lowest BCUT2D eigenvalue weighted by Gasteiger charge is -2.18. The van der Waals surface area contributed by atoms with Crippen LogP contribution in [-0.4, -0.2) is 27.1 Å². The van der Waals surface area contributed by atoms with E-state index in [-0.39, 0.29) is 24.5 Å². The fraction of sp³-hybridized carbons (Fsp3) is 0.308. The number of carboxylic acid groups (broad SMARTS) is 1. The number of nitrogens with two attached hydrogens (primary N) is 1. The zero-order chi connectivity index (χ0) is 26.8. The first-order valence-electron chi connectivity index (χ1n) is 11.7. The summed E-state index contributed by atoms with van der Waals surface area (Å²) in [5.74, 6) is -0.430. The van der Waals surface area contributed by atoms with Crippen molar-refractivity contribution in [2.24, 2.45) is 5.73 Å². The first kappa shape index (κ1) is 25.9. The number of nitrogens with zero attached hydrogens (tertiary/aromatic N) is 2. The largest absolute Gasteiger partial charge is 0.465 e. The molecule has 1 aromatic heterocycles. The SMILES string of the molecule is CC(NC(=O)O)c1ccc(Nc2ncc(C(F)(F)F)c(CCc3ccccc3C3(C(N)=O)CC3)n2)cc1. The van der Waals surface area contributed by atoms with E-state index in [4.69, 9.17) is 10.8 Å². The van der Waals surface area contributed by atoms with Gasteiger partial charge in [-0.25, -0.2) is 14.8 Å². The molecule has 0 radical (unpaired) electrons. The summed E-state index contributed by atoms with van der Waals surface area (Å²) >= 11 is 0. The molecule has 0 aliphatic heterocycles. The highest BCUT2D eigenvalue weighted by molar-refractivity contribution is 5.90. The van der Waals surface area contributed by atoms with Gasteiger partial charge in [-0.2, -0.15) is 13.2 Å². The second-order valence-electron chi connectivity index (χ2n) is 9.07. The van der Waals surface area contributed by atoms with Gasteiger partial charge < -0.3 is 21.5 Å². The molecule has 11 heteroatoms. The summed E-state index contributed by atoms with van der Waals surface area (Å²) in [5, 5.41) is 14.1. The van der Waals surface area contributed by atoms with Crippen LogP contribution in [0.3, 0.4) is 0 Å². The second-order valence-corrected chi connectivity index (χ2v) is 9.07. The third kappa shape index (κ3) is 5.82. The Bertz CT molecular complexity index is 1310. The maximum Gasteiger partial charge on any atom is 0.419 e. The average molecular weight is 514 g/mol. The van der Waals surface area contributed by atoms with E-state index in [9.17, 15) is 22.8 Å². The Morgan fingerprint density at radius 3 is 2.38 bits per heavy atom. The van der Waals surface area contributed by atoms with Crippen LogP contribution in [-0.2, 0) is 29.2 Å². The van der Waals surface area contributed by atoms with Crippen molar-refractivity contribution in [2.75, 3.05) is 5.32 Å². The molecule has 1 fully saturated rings. The fourth-order valence-electron chi connectivity index (χ4n) is 4.39. The smallest absolute Gasteiger partial charge is 0.419 e. The van der Waals surface area contributed by atoms with Gasteiger partial charge in [0.05, 0.1) is 22.7 Å². The highest BCUT2D eigenvalue weighted by Crippen LogP contribution is 2.49. The number of aromatic nitrogens is 2. The molecule has 0 bridgehead atoms. The number of carbonyl (C=O) groups is 2. The van der Waals surface area contributed by atoms with Crippen molar-refractivity contribution in [2.45, 2.75) is 50.2 Å². The van der Waals surface area contributed by atoms with Gasteiger partial charge in [-0.1, -0.05) is 36.4 Å². The van der Waals surface area contributed by atoms with Gasteiger partial charge in [-0.3, -0.25) is 4.79 Å². The minimum atomic E-state index is -4.63. The normalized spacial score (nSPS) is 15.0. The number of carbonyl (C=O) groups excluding carboxylic acids is 1. The molecular formula is C26H26F3N5O3. The minimum Gasteiger partial charge on any atom is -0.465 e. The number of nitrogens with one attached hydrogen (secondary N) is 2. The molecular weight excluding hydrogens is 487 g/mol. The molecule has 37 heavy (non-hydrogen) atoms. The summed E-state index contributed by atoms with van der Waals surface area (Å²) in [7, 11) is 0. The van der Waals surface area contributed by atoms with Gasteiger partial charge in [0.1, 0.15) is 0 Å². The van der Waals surface area contributed by atoms with Crippen LogP contribution in [0.2, 0.25) is 0 Å². The van der Waals surface area contributed by atoms with Gasteiger partial charge >= 0.3 is 12.3 Å². The molecule has 1 saturated carbocycles. The Balaban J connectivity index is 1.55. The highest BCUT2D eigenvalue weighted by Gasteiger charge is 2.50. The molecule has 0 spiro atoms. The van der Waals surface area contributed by atoms with E-state index in [0.717, 1.165) is 17.3 Å². The van der Waals surface area contributed by atoms with E-state index in [1.807, 2.05) is 0 Å². The molecule has 0 saturated heterocycles. The maximum absolute atomic E-state index is 13.7. The van der Waals surface area contributed by atoms with Crippen molar-refractivity contribution in [3.8, 4) is 0 Å². The van der Waals surface area contributed by atoms with E-state index in [0.29, 0.717) is 24.1 Å². The number of primary amides is 1. The summed E-state index contributed by atoms with van der Waals surface area (Å²) < 4.78 is 41.2. The first-order valence-corrected chi connectivity index (χ1v) is 11.7. The van der Waals surface area contributed by atoms with Gasteiger partial charge in [0.15, 0.2) is 0 Å². The van der Waals surface area contributed by atoms with Crippen molar-refractivity contribution < 1.29 is 27.9 Å². The summed E-state index contributed by atoms with van der Waals surface area (Å²) in [5.41, 5.74) is 6.55. The standard InChI is InChI=1S/C26H26F3N5O3/c1-15(32-24(36)37)16-6-9-18(10-7-16)33-23-31-14-20(26(27,28)29)21(34-23)11-8-17-4-2-3-5-19(17)25(12-13-25)22(30)35/h2-7,9-10,14-15,32H,8,11-13H2,1H3,(H2,30,35)(H,36,37)(H,31,33,34). The van der Waals surface area contributed by atoms with Crippen LogP contribution in [0.1, 0.15) is 53.8 Å². The number of rotatable bonds is 9. The van der Waals surface area contributed by atoms with Crippen LogP contribution in [0.25, 0.3) is 0 Å². The molecule has 3 aromatic rings. The van der Waals surface area contributed by atoms with Gasteiger partial charge in [0.2, 0.25) is 11.9 Å². The predicted molar refractivity (Wildman–Crippen MR) is 130 cm³/mol. The van der Waals surface area contributed by atoms with Gasteiger partial charge in [-0.05, 0) is 61.4 Å². The van der Waals surface area contributed by atoms with E-state index in [1.165, 1.54) is 0 Å². The van der Waals surface area contributed by atoms with Gasteiger partial charge in [-0.15, -0.1) is 0 Å². The quantitative estimate of drug-likeness (QED) is 0.323. The molecule has 1 atom stereocenters. The van der Waals surface area contributed by atoms with Crippen LogP contribution in [0.4, 0.5) is 29.6 Å². The monoisotopic (exact) mass is 513 g/mol. The van der Waals surface area contributed by atoms with E-state index in [1.54, 1.807) is 55.5 Å². The number of hydrogen-bond donors (Lipinski definition) is 4. The summed E-state index contributed by atoms with van der Waals surface area (Å²) in [6.07, 6.45) is -3.55. The fourth-order valence-corrected chi connectivity index (χ4v) is 4.39. The van der Waals surface area contributed by atoms with E-state index < -0.39 is 35.2 Å². The number of alkyl halides is 3. The molecule has 2 aromatic carbocycles. The lowest BCUT2D eigenvalue weighted by molar-refractivity contribution is -0.138. The number of hydrogen-bond acceptors (Lipinski definition) is 5. The van der Waals surface area contributed by atoms with Crippen LogP contribution in [0.5, 0.6) is 0 Å². The molecule has 2 amide bonds. The van der Waals surface area contributed by atoms with Gasteiger partial charge in [0, 0.05) is 11.9 Å². The van der Waals surface area contributed by atoms with Crippen molar-refractivity contribution in [3.63, 3.8) is 0 Å². The van der Waals surface area contributed by atoms with E-state index >= 15 is 0 Å². The molecule has 194 valence electrons. The molecule has 4 rings (SSSR count). The molecule has 1 unspecified atom stereocenters. The number of anilines is 2. The molecule has 5 N–H and O–H groups in total. The summed E-state index contributed by atoms with van der Waals surface area (Å²) in [6.45, 7) is 1.69. The Labute approximate surface area is 211 Å². The molecule has 8 nitrogen and oxygen atoms in total. The summed E-state index contributed by atoms with van der Waals surface area (Å²) in [4.78, 5) is 30.9. The van der Waals surface area contributed by atoms with Crippen LogP contribution in [0, 0.1) is 0 Å². The average Bonchev–Trinajstić information content (AvgIpc) is 3.65. The third-order valence-electron chi connectivity index (χ3n) is 6.57. The first-order chi connectivity index (χ1) is 17.5. The third-order valence-corrected chi connectivity index (χ3v) is 6.57. The number of halogens is 3. The topological polar surface area (TPSA) is 130 Å². The van der Waals surface area contributed by atoms with Crippen molar-refractivity contribution >= 4 is 23.6 Å². The zero-order valence-corrected chi connectivity index (χ0v) is 20.0. The van der Waals surface area contributed by atoms with Crippen molar-refractivity contribution in [1.82, 2.24) is 15.3 Å². The van der Waals surface area contributed by atoms with Gasteiger partial charge in [0.25, 0.3) is 0 Å². The lowest BCUT2D eigenvalue weighted by Crippen LogP contribution is -2.29. The van der Waals surface area contributed by atoms with Crippen molar-refractivity contribution in [3.05, 3.63) is 82.7 Å². The van der Waals surface area contributed by atoms with Crippen molar-refractivity contribution in [1.29, 1.82) is 0 Å². The van der Waals surface area contributed by atoms with Crippen LogP contribution < -0.4 is 16.4 Å². The Morgan fingerprint density at radius 1 is 1.11 bits per heavy atom. The summed E-state index contributed by atoms with van der Waals surface area (Å²) in [6, 6.07) is 13.4. The zero-order valence-electron chi connectivity index (χ0n) is 20.0.